The number of carbonyl (C=O) groups excluding carboxylic acids is 1. The van der Waals surface area contributed by atoms with Crippen molar-refractivity contribution in [3.05, 3.63) is 63.4 Å². The van der Waals surface area contributed by atoms with Gasteiger partial charge < -0.3 is 19.7 Å². The maximum absolute atomic E-state index is 13.3. The van der Waals surface area contributed by atoms with Crippen LogP contribution >= 0.6 is 0 Å². The van der Waals surface area contributed by atoms with Crippen molar-refractivity contribution in [1.29, 1.82) is 0 Å². The second-order valence-corrected chi connectivity index (χ2v) is 8.99. The van der Waals surface area contributed by atoms with Gasteiger partial charge in [0.05, 0.1) is 41.8 Å². The Kier molecular flexibility index (Phi) is 6.88. The van der Waals surface area contributed by atoms with E-state index in [9.17, 15) is 9.59 Å². The van der Waals surface area contributed by atoms with Gasteiger partial charge in [-0.25, -0.2) is 9.78 Å². The van der Waals surface area contributed by atoms with Gasteiger partial charge in [0.2, 0.25) is 5.95 Å². The smallest absolute Gasteiger partial charge is 0.340 e. The molecule has 2 aromatic carbocycles. The lowest BCUT2D eigenvalue weighted by Gasteiger charge is -2.29. The van der Waals surface area contributed by atoms with Crippen LogP contribution in [0.3, 0.4) is 0 Å². The monoisotopic (exact) mass is 464 g/mol. The summed E-state index contributed by atoms with van der Waals surface area (Å²) in [6.07, 6.45) is -0.210. The number of benzene rings is 2. The molecule has 3 aromatic rings. The van der Waals surface area contributed by atoms with Gasteiger partial charge in [-0.15, -0.1) is 0 Å². The lowest BCUT2D eigenvalue weighted by atomic mass is 10.0. The van der Waals surface area contributed by atoms with Gasteiger partial charge in [-0.2, -0.15) is 0 Å². The Labute approximate surface area is 199 Å². The fourth-order valence-electron chi connectivity index (χ4n) is 4.29. The number of aryl methyl sites for hydroxylation is 1. The Hall–Kier alpha value is -3.39. The summed E-state index contributed by atoms with van der Waals surface area (Å²) in [5, 5.41) is 4.03. The zero-order chi connectivity index (χ0) is 24.4. The summed E-state index contributed by atoms with van der Waals surface area (Å²) in [7, 11) is 1.76. The molecule has 0 unspecified atom stereocenters. The third-order valence-electron chi connectivity index (χ3n) is 5.95. The van der Waals surface area contributed by atoms with Crippen molar-refractivity contribution < 1.29 is 14.3 Å². The van der Waals surface area contributed by atoms with E-state index in [1.54, 1.807) is 17.7 Å². The standard InChI is InChI=1S/C26H32N4O4/c1-16(2)34-25(32)19-8-6-7-9-22(19)27-18(4)20-14-17(3)15-21-23(20)28-26(29(5)24(21)31)30-10-12-33-13-11-30/h6-9,14-16,18,27H,10-13H2,1-5H3/t18-/m1/s1. The maximum Gasteiger partial charge on any atom is 0.340 e. The number of morpholine rings is 1. The molecule has 8 heteroatoms. The lowest BCUT2D eigenvalue weighted by Crippen LogP contribution is -2.40. The van der Waals surface area contributed by atoms with Crippen molar-refractivity contribution in [3.63, 3.8) is 0 Å². The highest BCUT2D eigenvalue weighted by Crippen LogP contribution is 2.29. The molecule has 2 heterocycles. The van der Waals surface area contributed by atoms with Gasteiger partial charge in [-0.05, 0) is 51.5 Å². The minimum absolute atomic E-state index is 0.0791. The van der Waals surface area contributed by atoms with E-state index < -0.39 is 0 Å². The number of rotatable bonds is 6. The third-order valence-corrected chi connectivity index (χ3v) is 5.95. The van der Waals surface area contributed by atoms with Gasteiger partial charge >= 0.3 is 5.97 Å². The largest absolute Gasteiger partial charge is 0.459 e. The Balaban J connectivity index is 1.77. The van der Waals surface area contributed by atoms with Gasteiger partial charge in [0, 0.05) is 31.4 Å². The van der Waals surface area contributed by atoms with E-state index in [2.05, 4.69) is 10.2 Å². The number of hydrogen-bond acceptors (Lipinski definition) is 7. The number of para-hydroxylation sites is 1. The van der Waals surface area contributed by atoms with Crippen LogP contribution in [0.5, 0.6) is 0 Å². The first-order valence-electron chi connectivity index (χ1n) is 11.7. The second kappa shape index (κ2) is 9.85. The molecule has 0 radical (unpaired) electrons. The van der Waals surface area contributed by atoms with E-state index in [-0.39, 0.29) is 23.7 Å². The molecule has 0 spiro atoms. The summed E-state index contributed by atoms with van der Waals surface area (Å²) in [4.78, 5) is 33.0. The van der Waals surface area contributed by atoms with Crippen molar-refractivity contribution >= 4 is 28.5 Å². The Morgan fingerprint density at radius 1 is 1.15 bits per heavy atom. The Morgan fingerprint density at radius 3 is 2.56 bits per heavy atom. The number of hydrogen-bond donors (Lipinski definition) is 1. The summed E-state index contributed by atoms with van der Waals surface area (Å²) >= 11 is 0. The first-order valence-corrected chi connectivity index (χ1v) is 11.7. The predicted molar refractivity (Wildman–Crippen MR) is 134 cm³/mol. The normalized spacial score (nSPS) is 14.9. The predicted octanol–water partition coefficient (Wildman–Crippen LogP) is 3.82. The number of nitrogens with zero attached hydrogens (tertiary/aromatic N) is 3. The number of aromatic nitrogens is 2. The van der Waals surface area contributed by atoms with Crippen LogP contribution in [-0.4, -0.2) is 47.9 Å². The summed E-state index contributed by atoms with van der Waals surface area (Å²) in [6.45, 7) is 10.2. The fraction of sp³-hybridized carbons (Fsp3) is 0.423. The van der Waals surface area contributed by atoms with E-state index in [1.807, 2.05) is 58.0 Å². The topological polar surface area (TPSA) is 85.7 Å². The SMILES string of the molecule is Cc1cc([C@@H](C)Nc2ccccc2C(=O)OC(C)C)c2nc(N3CCOCC3)n(C)c(=O)c2c1. The van der Waals surface area contributed by atoms with E-state index in [0.717, 1.165) is 11.1 Å². The van der Waals surface area contributed by atoms with Gasteiger partial charge in [0.15, 0.2) is 0 Å². The highest BCUT2D eigenvalue weighted by Gasteiger charge is 2.22. The Bertz CT molecular complexity index is 1260. The van der Waals surface area contributed by atoms with Crippen LogP contribution in [0.2, 0.25) is 0 Å². The van der Waals surface area contributed by atoms with Crippen LogP contribution in [0.1, 0.15) is 48.3 Å². The molecule has 0 amide bonds. The van der Waals surface area contributed by atoms with Crippen molar-refractivity contribution in [2.45, 2.75) is 39.8 Å². The highest BCUT2D eigenvalue weighted by atomic mass is 16.5. The molecule has 1 aliphatic rings. The molecule has 1 saturated heterocycles. The number of fused-ring (bicyclic) bond motifs is 1. The number of ether oxygens (including phenoxy) is 2. The van der Waals surface area contributed by atoms with Crippen LogP contribution < -0.4 is 15.8 Å². The molecular weight excluding hydrogens is 432 g/mol. The van der Waals surface area contributed by atoms with E-state index in [4.69, 9.17) is 14.5 Å². The molecule has 0 saturated carbocycles. The van der Waals surface area contributed by atoms with Gasteiger partial charge in [0.25, 0.3) is 5.56 Å². The molecule has 34 heavy (non-hydrogen) atoms. The number of carbonyl (C=O) groups is 1. The zero-order valence-corrected chi connectivity index (χ0v) is 20.4. The van der Waals surface area contributed by atoms with Crippen LogP contribution in [0.4, 0.5) is 11.6 Å². The number of anilines is 2. The van der Waals surface area contributed by atoms with E-state index in [1.165, 1.54) is 0 Å². The fourth-order valence-corrected chi connectivity index (χ4v) is 4.29. The average Bonchev–Trinajstić information content (AvgIpc) is 2.81. The molecule has 0 aliphatic carbocycles. The first kappa shape index (κ1) is 23.8. The summed E-state index contributed by atoms with van der Waals surface area (Å²) in [6, 6.07) is 11.0. The summed E-state index contributed by atoms with van der Waals surface area (Å²) in [5.74, 6) is 0.264. The maximum atomic E-state index is 13.3. The quantitative estimate of drug-likeness (QED) is 0.555. The first-order chi connectivity index (χ1) is 16.3. The number of esters is 1. The molecular formula is C26H32N4O4. The van der Waals surface area contributed by atoms with Crippen molar-refractivity contribution in [1.82, 2.24) is 9.55 Å². The van der Waals surface area contributed by atoms with Crippen molar-refractivity contribution in [2.24, 2.45) is 7.05 Å². The minimum atomic E-state index is -0.374. The molecule has 0 bridgehead atoms. The summed E-state index contributed by atoms with van der Waals surface area (Å²) < 4.78 is 12.5. The zero-order valence-electron chi connectivity index (χ0n) is 20.4. The van der Waals surface area contributed by atoms with E-state index in [0.29, 0.717) is 54.4 Å². The second-order valence-electron chi connectivity index (χ2n) is 8.99. The molecule has 1 fully saturated rings. The lowest BCUT2D eigenvalue weighted by molar-refractivity contribution is 0.0379. The molecule has 1 aliphatic heterocycles. The van der Waals surface area contributed by atoms with Gasteiger partial charge in [-0.3, -0.25) is 9.36 Å². The number of nitrogens with one attached hydrogen (secondary N) is 1. The summed E-state index contributed by atoms with van der Waals surface area (Å²) in [5.41, 5.74) is 3.60. The average molecular weight is 465 g/mol. The van der Waals surface area contributed by atoms with Gasteiger partial charge in [-0.1, -0.05) is 18.2 Å². The van der Waals surface area contributed by atoms with Gasteiger partial charge in [0.1, 0.15) is 0 Å². The van der Waals surface area contributed by atoms with E-state index >= 15 is 0 Å². The van der Waals surface area contributed by atoms with Crippen LogP contribution in [-0.2, 0) is 16.5 Å². The Morgan fingerprint density at radius 2 is 1.85 bits per heavy atom. The van der Waals surface area contributed by atoms with Crippen molar-refractivity contribution in [2.75, 3.05) is 36.5 Å². The van der Waals surface area contributed by atoms with Crippen LogP contribution in [0.15, 0.2) is 41.2 Å². The minimum Gasteiger partial charge on any atom is -0.459 e. The van der Waals surface area contributed by atoms with Crippen LogP contribution in [0, 0.1) is 6.92 Å². The molecule has 1 atom stereocenters. The highest BCUT2D eigenvalue weighted by molar-refractivity contribution is 5.96. The van der Waals surface area contributed by atoms with Crippen molar-refractivity contribution in [3.8, 4) is 0 Å². The molecule has 1 aromatic heterocycles. The third kappa shape index (κ3) is 4.77. The molecule has 8 nitrogen and oxygen atoms in total. The molecule has 1 N–H and O–H groups in total. The molecule has 180 valence electrons. The molecule has 4 rings (SSSR count). The van der Waals surface area contributed by atoms with Crippen LogP contribution in [0.25, 0.3) is 10.9 Å².